The Balaban J connectivity index is 1.17. The number of nitriles is 1. The first-order valence-electron chi connectivity index (χ1n) is 18.8. The first kappa shape index (κ1) is 30.2. The minimum atomic E-state index is 0.0431. The summed E-state index contributed by atoms with van der Waals surface area (Å²) in [6.45, 7) is 2.17. The molecule has 1 atom stereocenters. The molecule has 1 aliphatic rings. The number of benzene rings is 7. The third kappa shape index (κ3) is 4.11. The highest BCUT2D eigenvalue weighted by atomic mass is 16.3. The molecule has 5 heteroatoms. The Labute approximate surface area is 314 Å². The molecular weight excluding hydrogens is 675 g/mol. The lowest BCUT2D eigenvalue weighted by molar-refractivity contribution is 0.669. The summed E-state index contributed by atoms with van der Waals surface area (Å²) in [4.78, 5) is 0. The van der Waals surface area contributed by atoms with E-state index in [2.05, 4.69) is 150 Å². The highest BCUT2D eigenvalue weighted by Gasteiger charge is 2.29. The molecule has 258 valence electrons. The van der Waals surface area contributed by atoms with Gasteiger partial charge in [-0.05, 0) is 66.9 Å². The van der Waals surface area contributed by atoms with E-state index < -0.39 is 0 Å². The van der Waals surface area contributed by atoms with Gasteiger partial charge in [-0.15, -0.1) is 0 Å². The largest absolute Gasteiger partial charge is 0.456 e. The van der Waals surface area contributed by atoms with Crippen molar-refractivity contribution >= 4 is 98.8 Å². The van der Waals surface area contributed by atoms with Crippen LogP contribution in [-0.4, -0.2) is 9.13 Å². The molecule has 1 unspecified atom stereocenters. The average molecular weight is 706 g/mol. The molecule has 0 saturated heterocycles. The fourth-order valence-electron chi connectivity index (χ4n) is 9.30. The Morgan fingerprint density at radius 1 is 0.509 bits per heavy atom. The molecule has 12 rings (SSSR count). The molecule has 4 heterocycles. The number of hydrogen-bond donors (Lipinski definition) is 0. The maximum absolute atomic E-state index is 11.0. The molecule has 1 aliphatic carbocycles. The van der Waals surface area contributed by atoms with Crippen molar-refractivity contribution in [2.45, 2.75) is 13.3 Å². The smallest absolute Gasteiger partial charge is 0.136 e. The van der Waals surface area contributed by atoms with Crippen LogP contribution in [0.3, 0.4) is 0 Å². The van der Waals surface area contributed by atoms with Crippen LogP contribution < -0.4 is 0 Å². The second-order valence-corrected chi connectivity index (χ2v) is 14.8. The number of nitrogens with zero attached hydrogens (tertiary/aromatic N) is 3. The molecular formula is C50H31N3O2. The van der Waals surface area contributed by atoms with E-state index in [-0.39, 0.29) is 5.92 Å². The van der Waals surface area contributed by atoms with Crippen molar-refractivity contribution in [3.8, 4) is 11.8 Å². The summed E-state index contributed by atoms with van der Waals surface area (Å²) in [6.07, 6.45) is 3.11. The molecule has 0 bridgehead atoms. The van der Waals surface area contributed by atoms with Crippen LogP contribution >= 0.6 is 0 Å². The average Bonchev–Trinajstić information content (AvgIpc) is 3.96. The zero-order chi connectivity index (χ0) is 36.4. The van der Waals surface area contributed by atoms with Crippen molar-refractivity contribution < 1.29 is 8.83 Å². The molecule has 0 spiro atoms. The standard InChI is InChI=1S/C50H31N3O2/c1-29-22-23-35(50(40(29)28-51)53-43-19-9-4-14-32(43)37-27-49-39(25-45(37)53)34-16-6-11-21-47(34)55-49)30-12-2-7-17-41(30)52-42-18-8-3-13-31(42)36-26-48-38(24-44(36)52)33-15-5-10-20-46(33)54-48/h2-21,23-27,29H,22H2,1H3. The van der Waals surface area contributed by atoms with E-state index in [1.54, 1.807) is 0 Å². The number of furan rings is 2. The van der Waals surface area contributed by atoms with Gasteiger partial charge in [0.25, 0.3) is 0 Å². The van der Waals surface area contributed by atoms with Gasteiger partial charge in [0, 0.05) is 54.2 Å². The van der Waals surface area contributed by atoms with Gasteiger partial charge in [-0.2, -0.15) is 5.26 Å². The molecule has 11 aromatic rings. The van der Waals surface area contributed by atoms with Gasteiger partial charge in [0.1, 0.15) is 22.3 Å². The number of aromatic nitrogens is 2. The Morgan fingerprint density at radius 2 is 1.02 bits per heavy atom. The number of hydrogen-bond acceptors (Lipinski definition) is 3. The summed E-state index contributed by atoms with van der Waals surface area (Å²) >= 11 is 0. The molecule has 0 amide bonds. The Morgan fingerprint density at radius 3 is 1.64 bits per heavy atom. The van der Waals surface area contributed by atoms with Gasteiger partial charge < -0.3 is 18.0 Å². The van der Waals surface area contributed by atoms with Crippen LogP contribution in [0, 0.1) is 17.2 Å². The SMILES string of the molecule is CC1CC=C(c2ccccc2-n2c3ccccc3c3cc4oc5ccccc5c4cc32)C(n2c3ccccc3c3cc4oc5ccccc5c4cc32)=C1C#N. The summed E-state index contributed by atoms with van der Waals surface area (Å²) in [5, 5.41) is 19.9. The van der Waals surface area contributed by atoms with E-state index in [9.17, 15) is 5.26 Å². The third-order valence-electron chi connectivity index (χ3n) is 11.8. The van der Waals surface area contributed by atoms with Crippen LogP contribution in [0.4, 0.5) is 0 Å². The zero-order valence-electron chi connectivity index (χ0n) is 29.9. The second-order valence-electron chi connectivity index (χ2n) is 14.8. The number of allylic oxidation sites excluding steroid dienone is 4. The lowest BCUT2D eigenvalue weighted by Crippen LogP contribution is -2.13. The normalized spacial score (nSPS) is 15.1. The predicted molar refractivity (Wildman–Crippen MR) is 225 cm³/mol. The monoisotopic (exact) mass is 705 g/mol. The van der Waals surface area contributed by atoms with Crippen molar-refractivity contribution in [3.05, 3.63) is 163 Å². The van der Waals surface area contributed by atoms with E-state index in [4.69, 9.17) is 8.83 Å². The highest BCUT2D eigenvalue weighted by molar-refractivity contribution is 6.21. The van der Waals surface area contributed by atoms with Crippen molar-refractivity contribution in [1.29, 1.82) is 5.26 Å². The van der Waals surface area contributed by atoms with Gasteiger partial charge in [-0.25, -0.2) is 0 Å². The molecule has 55 heavy (non-hydrogen) atoms. The summed E-state index contributed by atoms with van der Waals surface area (Å²) in [5.74, 6) is 0.0431. The van der Waals surface area contributed by atoms with Crippen LogP contribution in [0.2, 0.25) is 0 Å². The summed E-state index contributed by atoms with van der Waals surface area (Å²) in [6, 6.07) is 53.9. The zero-order valence-corrected chi connectivity index (χ0v) is 29.9. The van der Waals surface area contributed by atoms with Gasteiger partial charge in [0.15, 0.2) is 0 Å². The quantitative estimate of drug-likeness (QED) is 0.184. The maximum Gasteiger partial charge on any atom is 0.136 e. The summed E-state index contributed by atoms with van der Waals surface area (Å²) in [5.41, 5.74) is 12.7. The number of fused-ring (bicyclic) bond motifs is 12. The molecule has 0 fully saturated rings. The van der Waals surface area contributed by atoms with Gasteiger partial charge in [0.05, 0.1) is 45.1 Å². The van der Waals surface area contributed by atoms with Crippen LogP contribution in [0.25, 0.3) is 104 Å². The third-order valence-corrected chi connectivity index (χ3v) is 11.8. The summed E-state index contributed by atoms with van der Waals surface area (Å²) < 4.78 is 17.5. The van der Waals surface area contributed by atoms with E-state index in [1.807, 2.05) is 24.3 Å². The van der Waals surface area contributed by atoms with E-state index in [0.29, 0.717) is 0 Å². The van der Waals surface area contributed by atoms with Crippen LogP contribution in [-0.2, 0) is 0 Å². The van der Waals surface area contributed by atoms with Crippen molar-refractivity contribution in [3.63, 3.8) is 0 Å². The van der Waals surface area contributed by atoms with E-state index in [0.717, 1.165) is 122 Å². The van der Waals surface area contributed by atoms with Gasteiger partial charge in [-0.1, -0.05) is 104 Å². The summed E-state index contributed by atoms with van der Waals surface area (Å²) in [7, 11) is 0. The number of rotatable bonds is 3. The molecule has 0 aliphatic heterocycles. The molecule has 0 saturated carbocycles. The van der Waals surface area contributed by atoms with Crippen LogP contribution in [0.5, 0.6) is 0 Å². The van der Waals surface area contributed by atoms with Crippen molar-refractivity contribution in [2.24, 2.45) is 5.92 Å². The fraction of sp³-hybridized carbons (Fsp3) is 0.0600. The van der Waals surface area contributed by atoms with Crippen LogP contribution in [0.15, 0.2) is 166 Å². The molecule has 0 N–H and O–H groups in total. The first-order valence-corrected chi connectivity index (χ1v) is 18.8. The minimum Gasteiger partial charge on any atom is -0.456 e. The molecule has 0 radical (unpaired) electrons. The molecule has 7 aromatic carbocycles. The fourth-order valence-corrected chi connectivity index (χ4v) is 9.30. The Hall–Kier alpha value is -7.29. The minimum absolute atomic E-state index is 0.0431. The second kappa shape index (κ2) is 11.1. The van der Waals surface area contributed by atoms with Gasteiger partial charge in [-0.3, -0.25) is 0 Å². The van der Waals surface area contributed by atoms with Crippen LogP contribution in [0.1, 0.15) is 18.9 Å². The highest BCUT2D eigenvalue weighted by Crippen LogP contribution is 2.47. The number of para-hydroxylation sites is 5. The lowest BCUT2D eigenvalue weighted by Gasteiger charge is -2.27. The predicted octanol–water partition coefficient (Wildman–Crippen LogP) is 13.5. The first-order chi connectivity index (χ1) is 27.2. The van der Waals surface area contributed by atoms with Gasteiger partial charge in [0.2, 0.25) is 0 Å². The van der Waals surface area contributed by atoms with Gasteiger partial charge >= 0.3 is 0 Å². The lowest BCUT2D eigenvalue weighted by atomic mass is 9.84. The maximum atomic E-state index is 11.0. The van der Waals surface area contributed by atoms with E-state index >= 15 is 0 Å². The van der Waals surface area contributed by atoms with Crippen molar-refractivity contribution in [2.75, 3.05) is 0 Å². The Kier molecular flexibility index (Phi) is 6.10. The van der Waals surface area contributed by atoms with Crippen molar-refractivity contribution in [1.82, 2.24) is 9.13 Å². The topological polar surface area (TPSA) is 59.9 Å². The molecule has 5 nitrogen and oxygen atoms in total. The Bertz CT molecular complexity index is 3560. The molecule has 4 aromatic heterocycles. The van der Waals surface area contributed by atoms with E-state index in [1.165, 1.54) is 0 Å².